The van der Waals surface area contributed by atoms with Gasteiger partial charge in [-0.3, -0.25) is 0 Å². The standard InChI is InChI=1S/C10H14F2O4/c1-2-14-8(13)5-7(10(11)12)6-9-15-3-4-16-9/h5,9-10H,2-4,6H2,1H3/b7-5-. The zero-order chi connectivity index (χ0) is 12.0. The molecule has 0 aliphatic carbocycles. The molecule has 92 valence electrons. The molecule has 0 atom stereocenters. The van der Waals surface area contributed by atoms with E-state index in [1.54, 1.807) is 6.92 Å². The summed E-state index contributed by atoms with van der Waals surface area (Å²) in [6, 6.07) is 0. The summed E-state index contributed by atoms with van der Waals surface area (Å²) in [6.45, 7) is 2.54. The van der Waals surface area contributed by atoms with Gasteiger partial charge in [-0.2, -0.15) is 0 Å². The first-order valence-corrected chi connectivity index (χ1v) is 5.02. The number of ether oxygens (including phenoxy) is 3. The van der Waals surface area contributed by atoms with Gasteiger partial charge in [0.25, 0.3) is 6.43 Å². The fraction of sp³-hybridized carbons (Fsp3) is 0.700. The minimum Gasteiger partial charge on any atom is -0.463 e. The Bertz CT molecular complexity index is 260. The van der Waals surface area contributed by atoms with Gasteiger partial charge < -0.3 is 14.2 Å². The quantitative estimate of drug-likeness (QED) is 0.536. The van der Waals surface area contributed by atoms with Gasteiger partial charge in [0, 0.05) is 18.1 Å². The van der Waals surface area contributed by atoms with Crippen molar-refractivity contribution in [2.75, 3.05) is 19.8 Å². The second-order valence-electron chi connectivity index (χ2n) is 3.15. The fourth-order valence-electron chi connectivity index (χ4n) is 1.26. The predicted octanol–water partition coefficient (Wildman–Crippen LogP) is 1.50. The Balaban J connectivity index is 2.55. The number of alkyl halides is 2. The molecule has 0 aromatic heterocycles. The number of hydrogen-bond donors (Lipinski definition) is 0. The molecule has 0 radical (unpaired) electrons. The third-order valence-electron chi connectivity index (χ3n) is 1.96. The van der Waals surface area contributed by atoms with Crippen LogP contribution in [0.1, 0.15) is 13.3 Å². The van der Waals surface area contributed by atoms with Crippen LogP contribution in [0.3, 0.4) is 0 Å². The van der Waals surface area contributed by atoms with Crippen molar-refractivity contribution in [1.29, 1.82) is 0 Å². The Morgan fingerprint density at radius 3 is 2.62 bits per heavy atom. The van der Waals surface area contributed by atoms with Crippen molar-refractivity contribution in [2.24, 2.45) is 0 Å². The third-order valence-corrected chi connectivity index (χ3v) is 1.96. The zero-order valence-corrected chi connectivity index (χ0v) is 8.95. The maximum atomic E-state index is 12.6. The van der Waals surface area contributed by atoms with Crippen LogP contribution in [0.5, 0.6) is 0 Å². The minimum atomic E-state index is -2.71. The number of hydrogen-bond acceptors (Lipinski definition) is 4. The summed E-state index contributed by atoms with van der Waals surface area (Å²) < 4.78 is 39.7. The monoisotopic (exact) mass is 236 g/mol. The van der Waals surface area contributed by atoms with Crippen LogP contribution in [0.2, 0.25) is 0 Å². The largest absolute Gasteiger partial charge is 0.463 e. The molecule has 16 heavy (non-hydrogen) atoms. The first kappa shape index (κ1) is 13.1. The summed E-state index contributed by atoms with van der Waals surface area (Å²) >= 11 is 0. The molecule has 1 rings (SSSR count). The van der Waals surface area contributed by atoms with E-state index in [-0.39, 0.29) is 18.6 Å². The van der Waals surface area contributed by atoms with Gasteiger partial charge >= 0.3 is 5.97 Å². The normalized spacial score (nSPS) is 18.1. The van der Waals surface area contributed by atoms with Crippen molar-refractivity contribution in [3.05, 3.63) is 11.6 Å². The molecule has 1 heterocycles. The summed E-state index contributed by atoms with van der Waals surface area (Å²) in [5, 5.41) is 0. The smallest absolute Gasteiger partial charge is 0.330 e. The molecule has 4 nitrogen and oxygen atoms in total. The lowest BCUT2D eigenvalue weighted by molar-refractivity contribution is -0.137. The number of carbonyl (C=O) groups is 1. The molecule has 1 aliphatic heterocycles. The molecule has 0 aromatic carbocycles. The van der Waals surface area contributed by atoms with Crippen LogP contribution < -0.4 is 0 Å². The Kier molecular flexibility index (Phi) is 5.34. The molecule has 0 saturated carbocycles. The number of esters is 1. The van der Waals surface area contributed by atoms with E-state index in [2.05, 4.69) is 4.74 Å². The lowest BCUT2D eigenvalue weighted by Crippen LogP contribution is -2.14. The Hall–Kier alpha value is -1.01. The molecular formula is C10H14F2O4. The number of rotatable bonds is 5. The minimum absolute atomic E-state index is 0.115. The van der Waals surface area contributed by atoms with Crippen molar-refractivity contribution in [3.63, 3.8) is 0 Å². The highest BCUT2D eigenvalue weighted by atomic mass is 19.3. The van der Waals surface area contributed by atoms with Gasteiger partial charge in [-0.25, -0.2) is 13.6 Å². The van der Waals surface area contributed by atoms with E-state index in [0.717, 1.165) is 6.08 Å². The lowest BCUT2D eigenvalue weighted by atomic mass is 10.2. The van der Waals surface area contributed by atoms with Gasteiger partial charge in [0.05, 0.1) is 19.8 Å². The van der Waals surface area contributed by atoms with Crippen LogP contribution >= 0.6 is 0 Å². The summed E-state index contributed by atoms with van der Waals surface area (Å²) in [4.78, 5) is 11.0. The molecule has 1 aliphatic rings. The van der Waals surface area contributed by atoms with Gasteiger partial charge in [-0.1, -0.05) is 0 Å². The first-order chi connectivity index (χ1) is 7.63. The van der Waals surface area contributed by atoms with Crippen molar-refractivity contribution >= 4 is 5.97 Å². The second-order valence-corrected chi connectivity index (χ2v) is 3.15. The highest BCUT2D eigenvalue weighted by Gasteiger charge is 2.23. The fourth-order valence-corrected chi connectivity index (χ4v) is 1.26. The van der Waals surface area contributed by atoms with Gasteiger partial charge in [0.2, 0.25) is 0 Å². The van der Waals surface area contributed by atoms with Crippen LogP contribution in [0.15, 0.2) is 11.6 Å². The summed E-state index contributed by atoms with van der Waals surface area (Å²) in [5.74, 6) is -0.768. The van der Waals surface area contributed by atoms with E-state index in [1.807, 2.05) is 0 Å². The number of halogens is 2. The van der Waals surface area contributed by atoms with E-state index in [9.17, 15) is 13.6 Å². The average molecular weight is 236 g/mol. The highest BCUT2D eigenvalue weighted by Crippen LogP contribution is 2.20. The van der Waals surface area contributed by atoms with Crippen LogP contribution in [0.25, 0.3) is 0 Å². The lowest BCUT2D eigenvalue weighted by Gasteiger charge is -2.11. The molecule has 1 saturated heterocycles. The van der Waals surface area contributed by atoms with Crippen molar-refractivity contribution in [2.45, 2.75) is 26.1 Å². The van der Waals surface area contributed by atoms with Gasteiger partial charge in [-0.15, -0.1) is 0 Å². The van der Waals surface area contributed by atoms with Crippen LogP contribution in [0.4, 0.5) is 8.78 Å². The van der Waals surface area contributed by atoms with Crippen LogP contribution in [0, 0.1) is 0 Å². The van der Waals surface area contributed by atoms with Crippen LogP contribution in [-0.4, -0.2) is 38.5 Å². The summed E-state index contributed by atoms with van der Waals surface area (Å²) in [7, 11) is 0. The maximum Gasteiger partial charge on any atom is 0.330 e. The van der Waals surface area contributed by atoms with E-state index >= 15 is 0 Å². The SMILES string of the molecule is CCOC(=O)/C=C(/CC1OCCO1)C(F)F. The van der Waals surface area contributed by atoms with E-state index in [1.165, 1.54) is 0 Å². The number of carbonyl (C=O) groups excluding carboxylic acids is 1. The molecule has 6 heteroatoms. The van der Waals surface area contributed by atoms with E-state index in [4.69, 9.17) is 9.47 Å². The van der Waals surface area contributed by atoms with Crippen molar-refractivity contribution in [1.82, 2.24) is 0 Å². The molecule has 0 unspecified atom stereocenters. The topological polar surface area (TPSA) is 44.8 Å². The molecular weight excluding hydrogens is 222 g/mol. The third kappa shape index (κ3) is 4.24. The van der Waals surface area contributed by atoms with E-state index in [0.29, 0.717) is 13.2 Å². The Labute approximate surface area is 92.2 Å². The zero-order valence-electron chi connectivity index (χ0n) is 8.95. The molecule has 1 fully saturated rings. The Morgan fingerprint density at radius 1 is 1.50 bits per heavy atom. The van der Waals surface area contributed by atoms with E-state index < -0.39 is 18.7 Å². The predicted molar refractivity (Wildman–Crippen MR) is 51.0 cm³/mol. The highest BCUT2D eigenvalue weighted by molar-refractivity contribution is 5.82. The van der Waals surface area contributed by atoms with Crippen molar-refractivity contribution < 1.29 is 27.8 Å². The van der Waals surface area contributed by atoms with Gasteiger partial charge in [0.1, 0.15) is 0 Å². The van der Waals surface area contributed by atoms with Crippen LogP contribution in [-0.2, 0) is 19.0 Å². The maximum absolute atomic E-state index is 12.6. The molecule has 0 amide bonds. The summed E-state index contributed by atoms with van der Waals surface area (Å²) in [6.07, 6.45) is -2.71. The molecule has 0 bridgehead atoms. The van der Waals surface area contributed by atoms with Gasteiger partial charge in [-0.05, 0) is 6.92 Å². The second kappa shape index (κ2) is 6.55. The average Bonchev–Trinajstić information content (AvgIpc) is 2.69. The first-order valence-electron chi connectivity index (χ1n) is 5.02. The summed E-state index contributed by atoms with van der Waals surface area (Å²) in [5.41, 5.74) is -0.328. The van der Waals surface area contributed by atoms with Gasteiger partial charge in [0.15, 0.2) is 6.29 Å². The molecule has 0 spiro atoms. The van der Waals surface area contributed by atoms with Crippen molar-refractivity contribution in [3.8, 4) is 0 Å². The molecule has 0 N–H and O–H groups in total. The Morgan fingerprint density at radius 2 is 2.12 bits per heavy atom. The molecule has 0 aromatic rings.